The molecular formula is C50H30O10. The zero-order valence-corrected chi connectivity index (χ0v) is 31.1. The minimum absolute atomic E-state index is 0.113. The van der Waals surface area contributed by atoms with Crippen molar-refractivity contribution in [2.24, 2.45) is 0 Å². The second kappa shape index (κ2) is 12.3. The highest BCUT2D eigenvalue weighted by atomic mass is 16.4. The summed E-state index contributed by atoms with van der Waals surface area (Å²) in [6.07, 6.45) is 0. The fraction of sp³-hybridized carbons (Fsp3) is 0. The van der Waals surface area contributed by atoms with E-state index in [1.165, 1.54) is 0 Å². The topological polar surface area (TPSA) is 195 Å². The van der Waals surface area contributed by atoms with Gasteiger partial charge in [0.1, 0.15) is 0 Å². The molecule has 10 heteroatoms. The highest BCUT2D eigenvalue weighted by Gasteiger charge is 2.33. The van der Waals surface area contributed by atoms with Gasteiger partial charge >= 0.3 is 0 Å². The number of hydrogen-bond donors (Lipinski definition) is 9. The highest BCUT2D eigenvalue weighted by Crippen LogP contribution is 2.61. The van der Waals surface area contributed by atoms with E-state index in [0.717, 1.165) is 65.3 Å². The maximum absolute atomic E-state index is 11.7. The van der Waals surface area contributed by atoms with Crippen LogP contribution in [0.4, 0.5) is 0 Å². The lowest BCUT2D eigenvalue weighted by molar-refractivity contribution is 0.349. The van der Waals surface area contributed by atoms with Crippen molar-refractivity contribution in [1.82, 2.24) is 0 Å². The van der Waals surface area contributed by atoms with Crippen molar-refractivity contribution >= 4 is 75.8 Å². The first-order valence-corrected chi connectivity index (χ1v) is 18.9. The quantitative estimate of drug-likeness (QED) is 0.0472. The minimum atomic E-state index is -1.17. The molecule has 0 aliphatic carbocycles. The first kappa shape index (κ1) is 34.7. The number of furan rings is 1. The van der Waals surface area contributed by atoms with Gasteiger partial charge in [-0.25, -0.2) is 0 Å². The third kappa shape index (κ3) is 4.46. The molecule has 290 valence electrons. The van der Waals surface area contributed by atoms with Crippen molar-refractivity contribution in [3.05, 3.63) is 127 Å². The fourth-order valence-corrected chi connectivity index (χ4v) is 9.16. The molecule has 0 amide bonds. The van der Waals surface area contributed by atoms with Crippen LogP contribution in [0.3, 0.4) is 0 Å². The zero-order valence-electron chi connectivity index (χ0n) is 31.1. The molecule has 0 saturated carbocycles. The van der Waals surface area contributed by atoms with E-state index < -0.39 is 73.7 Å². The van der Waals surface area contributed by atoms with Crippen LogP contribution in [0.15, 0.2) is 132 Å². The van der Waals surface area contributed by atoms with Gasteiger partial charge in [0.05, 0.1) is 16.2 Å². The van der Waals surface area contributed by atoms with Crippen LogP contribution in [0, 0.1) is 0 Å². The second-order valence-electron chi connectivity index (χ2n) is 14.9. The van der Waals surface area contributed by atoms with Crippen LogP contribution in [0.5, 0.6) is 51.7 Å². The average molecular weight is 791 g/mol. The van der Waals surface area contributed by atoms with E-state index in [-0.39, 0.29) is 16.3 Å². The predicted octanol–water partition coefficient (Wildman–Crippen LogP) is 11.7. The molecule has 9 N–H and O–H groups in total. The summed E-state index contributed by atoms with van der Waals surface area (Å²) in [6.45, 7) is 0. The summed E-state index contributed by atoms with van der Waals surface area (Å²) in [4.78, 5) is 0. The molecule has 11 aromatic rings. The van der Waals surface area contributed by atoms with Crippen molar-refractivity contribution in [2.75, 3.05) is 0 Å². The highest BCUT2D eigenvalue weighted by molar-refractivity contribution is 6.29. The van der Waals surface area contributed by atoms with E-state index >= 15 is 0 Å². The van der Waals surface area contributed by atoms with E-state index in [0.29, 0.717) is 5.56 Å². The van der Waals surface area contributed by atoms with Gasteiger partial charge in [0.25, 0.3) is 0 Å². The molecule has 0 aliphatic heterocycles. The normalized spacial score (nSPS) is 11.9. The van der Waals surface area contributed by atoms with Crippen molar-refractivity contribution in [2.45, 2.75) is 0 Å². The smallest absolute Gasteiger partial charge is 0.205 e. The minimum Gasteiger partial charge on any atom is -0.504 e. The number of fused-ring (bicyclic) bond motifs is 9. The van der Waals surface area contributed by atoms with Gasteiger partial charge in [0, 0.05) is 10.9 Å². The monoisotopic (exact) mass is 790 g/mol. The molecule has 60 heavy (non-hydrogen) atoms. The summed E-state index contributed by atoms with van der Waals surface area (Å²) in [6, 6.07) is 42.4. The first-order chi connectivity index (χ1) is 29.1. The van der Waals surface area contributed by atoms with Crippen molar-refractivity contribution in [3.63, 3.8) is 0 Å². The Kier molecular flexibility index (Phi) is 7.09. The summed E-state index contributed by atoms with van der Waals surface area (Å²) in [5, 5.41) is 105. The number of hydrogen-bond acceptors (Lipinski definition) is 10. The van der Waals surface area contributed by atoms with Crippen molar-refractivity contribution in [1.29, 1.82) is 0 Å². The van der Waals surface area contributed by atoms with Gasteiger partial charge in [0.2, 0.25) is 23.0 Å². The molecule has 0 saturated heterocycles. The lowest BCUT2D eigenvalue weighted by atomic mass is 9.83. The number of benzene rings is 10. The Morgan fingerprint density at radius 2 is 0.717 bits per heavy atom. The molecule has 11 rings (SSSR count). The Morgan fingerprint density at radius 1 is 0.283 bits per heavy atom. The Hall–Kier alpha value is -8.50. The average Bonchev–Trinajstić information content (AvgIpc) is 3.67. The first-order valence-electron chi connectivity index (χ1n) is 18.9. The molecule has 10 aromatic carbocycles. The molecule has 0 radical (unpaired) electrons. The lowest BCUT2D eigenvalue weighted by Gasteiger charge is -2.20. The molecule has 0 bridgehead atoms. The van der Waals surface area contributed by atoms with Crippen LogP contribution in [0.25, 0.3) is 109 Å². The van der Waals surface area contributed by atoms with Gasteiger partial charge in [-0.15, -0.1) is 0 Å². The SMILES string of the molecule is Oc1c(O)c(-c2ccc3cccc(-c4c5ccccc5c(-c5cccc6ccccc56)c5ccccc45)c3c2)c2c(oc3c4c(O)c(O)c(O)c(O)c4c(O)c(O)c32)c1O. The van der Waals surface area contributed by atoms with Crippen LogP contribution < -0.4 is 0 Å². The zero-order chi connectivity index (χ0) is 41.3. The van der Waals surface area contributed by atoms with Gasteiger partial charge in [-0.3, -0.25) is 0 Å². The molecule has 0 fully saturated rings. The Labute approximate surface area is 337 Å². The van der Waals surface area contributed by atoms with Crippen LogP contribution in [0.1, 0.15) is 0 Å². The van der Waals surface area contributed by atoms with Gasteiger partial charge in [-0.2, -0.15) is 0 Å². The number of aromatic hydroxyl groups is 9. The third-order valence-electron chi connectivity index (χ3n) is 11.8. The maximum Gasteiger partial charge on any atom is 0.205 e. The molecule has 1 aromatic heterocycles. The van der Waals surface area contributed by atoms with Crippen molar-refractivity contribution < 1.29 is 50.4 Å². The van der Waals surface area contributed by atoms with Crippen LogP contribution in [-0.4, -0.2) is 46.0 Å². The molecular weight excluding hydrogens is 761 g/mol. The molecule has 0 atom stereocenters. The third-order valence-corrected chi connectivity index (χ3v) is 11.8. The number of phenolic OH excluding ortho intramolecular Hbond substituents is 9. The summed E-state index contributed by atoms with van der Waals surface area (Å²) in [7, 11) is 0. The van der Waals surface area contributed by atoms with Crippen LogP contribution in [-0.2, 0) is 0 Å². The van der Waals surface area contributed by atoms with E-state index in [2.05, 4.69) is 54.6 Å². The summed E-state index contributed by atoms with van der Waals surface area (Å²) in [5.41, 5.74) is 3.28. The van der Waals surface area contributed by atoms with Gasteiger partial charge in [0.15, 0.2) is 39.9 Å². The van der Waals surface area contributed by atoms with E-state index in [9.17, 15) is 46.0 Å². The Balaban J connectivity index is 1.24. The molecule has 1 heterocycles. The van der Waals surface area contributed by atoms with E-state index in [1.54, 1.807) is 6.07 Å². The molecule has 0 spiro atoms. The van der Waals surface area contributed by atoms with Gasteiger partial charge in [-0.1, -0.05) is 121 Å². The fourth-order valence-electron chi connectivity index (χ4n) is 9.16. The van der Waals surface area contributed by atoms with Gasteiger partial charge in [-0.05, 0) is 77.0 Å². The van der Waals surface area contributed by atoms with E-state index in [1.807, 2.05) is 66.7 Å². The summed E-state index contributed by atoms with van der Waals surface area (Å²) in [5.74, 6) is -8.98. The second-order valence-corrected chi connectivity index (χ2v) is 14.9. The van der Waals surface area contributed by atoms with Crippen LogP contribution in [0.2, 0.25) is 0 Å². The number of phenols is 9. The van der Waals surface area contributed by atoms with Crippen molar-refractivity contribution in [3.8, 4) is 85.1 Å². The standard InChI is InChI=1S/C50H30O10/c51-40-33(36-38-43(54)41(52)37-39(44(55)46(57)45(56)42(37)53)49(38)60-50(36)48(59)47(40)58)24-20-19-23-11-8-18-31(32(23)21-24)35-29-15-5-3-13-27(29)34(28-14-4-6-16-30(28)35)26-17-7-10-22-9-1-2-12-25(22)26/h1-21,51-59H. The molecule has 0 aliphatic rings. The molecule has 0 unspecified atom stereocenters. The van der Waals surface area contributed by atoms with Gasteiger partial charge < -0.3 is 50.4 Å². The van der Waals surface area contributed by atoms with Crippen LogP contribution >= 0.6 is 0 Å². The van der Waals surface area contributed by atoms with E-state index in [4.69, 9.17) is 4.42 Å². The summed E-state index contributed by atoms with van der Waals surface area (Å²) >= 11 is 0. The predicted molar refractivity (Wildman–Crippen MR) is 233 cm³/mol. The molecule has 10 nitrogen and oxygen atoms in total. The number of rotatable bonds is 3. The Bertz CT molecular complexity index is 3650. The summed E-state index contributed by atoms with van der Waals surface area (Å²) < 4.78 is 5.96. The largest absolute Gasteiger partial charge is 0.504 e. The maximum atomic E-state index is 11.7. The Morgan fingerprint density at radius 3 is 1.32 bits per heavy atom. The lowest BCUT2D eigenvalue weighted by Crippen LogP contribution is -1.92.